The lowest BCUT2D eigenvalue weighted by atomic mass is 9.78. The van der Waals surface area contributed by atoms with Crippen LogP contribution in [-0.4, -0.2) is 65.9 Å². The van der Waals surface area contributed by atoms with Gasteiger partial charge in [-0.15, -0.1) is 0 Å². The van der Waals surface area contributed by atoms with E-state index in [1.807, 2.05) is 4.90 Å². The van der Waals surface area contributed by atoms with E-state index in [0.29, 0.717) is 17.8 Å². The highest BCUT2D eigenvalue weighted by atomic mass is 16.4. The summed E-state index contributed by atoms with van der Waals surface area (Å²) in [4.78, 5) is 30.0. The van der Waals surface area contributed by atoms with Gasteiger partial charge in [0.25, 0.3) is 0 Å². The summed E-state index contributed by atoms with van der Waals surface area (Å²) < 4.78 is 0. The molecule has 2 saturated heterocycles. The molecule has 1 aliphatic carbocycles. The second-order valence-electron chi connectivity index (χ2n) is 9.17. The number of carbonyl (C=O) groups is 2. The summed E-state index contributed by atoms with van der Waals surface area (Å²) in [7, 11) is 1.45. The molecule has 1 saturated carbocycles. The van der Waals surface area contributed by atoms with E-state index in [4.69, 9.17) is 0 Å². The molecule has 0 radical (unpaired) electrons. The zero-order chi connectivity index (χ0) is 22.2. The van der Waals surface area contributed by atoms with Crippen molar-refractivity contribution in [2.75, 3.05) is 36.5 Å². The summed E-state index contributed by atoms with van der Waals surface area (Å²) in [5.74, 6) is 0.222. The molecular formula is C23H30N4O4. The summed E-state index contributed by atoms with van der Waals surface area (Å²) in [5.41, 5.74) is 1.21. The zero-order valence-electron chi connectivity index (χ0n) is 18.0. The molecule has 2 heterocycles. The largest absolute Gasteiger partial charge is 0.465 e. The number of carboxylic acid groups (broad SMARTS) is 1. The number of nitriles is 1. The fraction of sp³-hybridized carbons (Fsp3) is 0.609. The molecule has 2 N–H and O–H groups in total. The Kier molecular flexibility index (Phi) is 5.80. The van der Waals surface area contributed by atoms with E-state index >= 15 is 0 Å². The van der Waals surface area contributed by atoms with Gasteiger partial charge in [0.1, 0.15) is 6.07 Å². The number of amides is 2. The smallest absolute Gasteiger partial charge is 0.411 e. The Morgan fingerprint density at radius 2 is 1.97 bits per heavy atom. The highest BCUT2D eigenvalue weighted by molar-refractivity contribution is 5.87. The van der Waals surface area contributed by atoms with E-state index in [1.54, 1.807) is 18.2 Å². The number of hydrogen-bond acceptors (Lipinski definition) is 5. The number of benzene rings is 1. The maximum atomic E-state index is 13.5. The Hall–Kier alpha value is -2.79. The monoisotopic (exact) mass is 426 g/mol. The van der Waals surface area contributed by atoms with E-state index < -0.39 is 11.5 Å². The SMILES string of the molecule is CN(C(=O)O)c1ccc(N2CCC[C@]3(CCN([C@H]4CC[C@H](O)CC4)C3=O)C2)c(C#N)c1. The molecule has 1 aromatic carbocycles. The predicted molar refractivity (Wildman–Crippen MR) is 116 cm³/mol. The van der Waals surface area contributed by atoms with Gasteiger partial charge < -0.3 is 20.0 Å². The summed E-state index contributed by atoms with van der Waals surface area (Å²) >= 11 is 0. The quantitative estimate of drug-likeness (QED) is 0.769. The molecule has 0 bridgehead atoms. The van der Waals surface area contributed by atoms with Crippen molar-refractivity contribution in [3.8, 4) is 6.07 Å². The van der Waals surface area contributed by atoms with Crippen molar-refractivity contribution in [1.29, 1.82) is 5.26 Å². The third-order valence-corrected chi connectivity index (χ3v) is 7.35. The standard InChI is InChI=1S/C23H30N4O4/c1-25(22(30)31)18-5-8-20(16(13-18)14-24)26-11-2-9-23(15-26)10-12-27(21(23)29)17-3-6-19(28)7-4-17/h5,8,13,17,19,28H,2-4,6-7,9-12,15H2,1H3,(H,30,31)/t17-,19-,23-/m0/s1. The molecule has 0 unspecified atom stereocenters. The van der Waals surface area contributed by atoms with E-state index in [2.05, 4.69) is 11.0 Å². The number of likely N-dealkylation sites (tertiary alicyclic amines) is 1. The third-order valence-electron chi connectivity index (χ3n) is 7.35. The van der Waals surface area contributed by atoms with Gasteiger partial charge in [0, 0.05) is 38.4 Å². The molecular weight excluding hydrogens is 396 g/mol. The van der Waals surface area contributed by atoms with Crippen molar-refractivity contribution in [2.45, 2.75) is 57.1 Å². The Morgan fingerprint density at radius 1 is 1.23 bits per heavy atom. The summed E-state index contributed by atoms with van der Waals surface area (Å²) in [6.45, 7) is 2.12. The van der Waals surface area contributed by atoms with Crippen molar-refractivity contribution in [3.63, 3.8) is 0 Å². The van der Waals surface area contributed by atoms with Crippen molar-refractivity contribution < 1.29 is 19.8 Å². The van der Waals surface area contributed by atoms with Gasteiger partial charge in [-0.25, -0.2) is 4.79 Å². The fourth-order valence-electron chi connectivity index (χ4n) is 5.49. The second-order valence-corrected chi connectivity index (χ2v) is 9.17. The van der Waals surface area contributed by atoms with Gasteiger partial charge in [0.05, 0.1) is 22.8 Å². The van der Waals surface area contributed by atoms with E-state index in [0.717, 1.165) is 68.6 Å². The number of nitrogens with zero attached hydrogens (tertiary/aromatic N) is 4. The lowest BCUT2D eigenvalue weighted by molar-refractivity contribution is -0.139. The number of aliphatic hydroxyl groups excluding tert-OH is 1. The minimum Gasteiger partial charge on any atom is -0.465 e. The molecule has 31 heavy (non-hydrogen) atoms. The van der Waals surface area contributed by atoms with E-state index in [9.17, 15) is 25.1 Å². The molecule has 1 aromatic rings. The van der Waals surface area contributed by atoms with Crippen LogP contribution in [-0.2, 0) is 4.79 Å². The highest BCUT2D eigenvalue weighted by Crippen LogP contribution is 2.44. The van der Waals surface area contributed by atoms with Crippen molar-refractivity contribution in [1.82, 2.24) is 4.90 Å². The van der Waals surface area contributed by atoms with Gasteiger partial charge in [-0.1, -0.05) is 0 Å². The number of aliphatic hydroxyl groups is 1. The van der Waals surface area contributed by atoms with Crippen LogP contribution >= 0.6 is 0 Å². The number of carbonyl (C=O) groups excluding carboxylic acids is 1. The highest BCUT2D eigenvalue weighted by Gasteiger charge is 2.50. The van der Waals surface area contributed by atoms with Crippen LogP contribution in [0, 0.1) is 16.7 Å². The number of anilines is 2. The first-order valence-corrected chi connectivity index (χ1v) is 11.1. The lowest BCUT2D eigenvalue weighted by Crippen LogP contribution is -2.50. The van der Waals surface area contributed by atoms with Crippen molar-refractivity contribution in [3.05, 3.63) is 23.8 Å². The molecule has 1 spiro atoms. The Labute approximate surface area is 182 Å². The minimum atomic E-state index is -1.08. The van der Waals surface area contributed by atoms with Gasteiger partial charge in [-0.3, -0.25) is 9.69 Å². The van der Waals surface area contributed by atoms with E-state index in [1.165, 1.54) is 7.05 Å². The topological polar surface area (TPSA) is 108 Å². The Morgan fingerprint density at radius 3 is 2.65 bits per heavy atom. The predicted octanol–water partition coefficient (Wildman–Crippen LogP) is 2.79. The summed E-state index contributed by atoms with van der Waals surface area (Å²) in [6.07, 6.45) is 4.49. The molecule has 2 amide bonds. The Bertz CT molecular complexity index is 905. The van der Waals surface area contributed by atoms with Crippen LogP contribution in [0.1, 0.15) is 50.5 Å². The van der Waals surface area contributed by atoms with Crippen LogP contribution in [0.2, 0.25) is 0 Å². The third kappa shape index (κ3) is 3.94. The molecule has 2 aliphatic heterocycles. The van der Waals surface area contributed by atoms with Crippen molar-refractivity contribution in [2.24, 2.45) is 5.41 Å². The first kappa shape index (κ1) is 21.4. The van der Waals surface area contributed by atoms with Gasteiger partial charge in [0.15, 0.2) is 0 Å². The Balaban J connectivity index is 1.53. The minimum absolute atomic E-state index is 0.222. The molecule has 3 fully saturated rings. The average Bonchev–Trinajstić information content (AvgIpc) is 3.08. The molecule has 166 valence electrons. The van der Waals surface area contributed by atoms with Gasteiger partial charge in [0.2, 0.25) is 5.91 Å². The molecule has 0 aromatic heterocycles. The average molecular weight is 427 g/mol. The first-order chi connectivity index (χ1) is 14.8. The number of piperidine rings is 1. The van der Waals surface area contributed by atoms with Crippen LogP contribution in [0.3, 0.4) is 0 Å². The van der Waals surface area contributed by atoms with Crippen molar-refractivity contribution >= 4 is 23.4 Å². The van der Waals surface area contributed by atoms with Gasteiger partial charge in [-0.05, 0) is 63.1 Å². The molecule has 8 nitrogen and oxygen atoms in total. The van der Waals surface area contributed by atoms with Gasteiger partial charge in [-0.2, -0.15) is 5.26 Å². The maximum Gasteiger partial charge on any atom is 0.411 e. The molecule has 3 aliphatic rings. The normalized spacial score (nSPS) is 28.6. The van der Waals surface area contributed by atoms with E-state index in [-0.39, 0.29) is 18.1 Å². The van der Waals surface area contributed by atoms with Gasteiger partial charge >= 0.3 is 6.09 Å². The lowest BCUT2D eigenvalue weighted by Gasteiger charge is -2.41. The molecule has 8 heteroatoms. The molecule has 4 rings (SSSR count). The number of hydrogen-bond donors (Lipinski definition) is 2. The zero-order valence-corrected chi connectivity index (χ0v) is 18.0. The summed E-state index contributed by atoms with van der Waals surface area (Å²) in [6, 6.07) is 7.54. The van der Waals surface area contributed by atoms with Crippen LogP contribution in [0.15, 0.2) is 18.2 Å². The second kappa shape index (κ2) is 8.39. The maximum absolute atomic E-state index is 13.5. The number of rotatable bonds is 3. The fourth-order valence-corrected chi connectivity index (χ4v) is 5.49. The van der Waals surface area contributed by atoms with Crippen LogP contribution < -0.4 is 9.80 Å². The van der Waals surface area contributed by atoms with Crippen LogP contribution in [0.5, 0.6) is 0 Å². The van der Waals surface area contributed by atoms with Crippen LogP contribution in [0.25, 0.3) is 0 Å². The van der Waals surface area contributed by atoms with Crippen LogP contribution in [0.4, 0.5) is 16.2 Å². The summed E-state index contributed by atoms with van der Waals surface area (Å²) in [5, 5.41) is 28.7. The molecule has 1 atom stereocenters. The first-order valence-electron chi connectivity index (χ1n) is 11.1.